The summed E-state index contributed by atoms with van der Waals surface area (Å²) < 4.78 is 2.27. The highest BCUT2D eigenvalue weighted by molar-refractivity contribution is 7.17. The van der Waals surface area contributed by atoms with Crippen LogP contribution in [-0.2, 0) is 38.3 Å². The van der Waals surface area contributed by atoms with Crippen molar-refractivity contribution in [1.82, 2.24) is 24.0 Å². The first kappa shape index (κ1) is 22.9. The first-order chi connectivity index (χ1) is 15.6. The number of hydroxylamine groups is 1. The van der Waals surface area contributed by atoms with Gasteiger partial charge in [0.05, 0.1) is 5.56 Å². The van der Waals surface area contributed by atoms with Gasteiger partial charge in [-0.3, -0.25) is 28.7 Å². The Morgan fingerprint density at radius 1 is 1.24 bits per heavy atom. The molecule has 1 aliphatic heterocycles. The Labute approximate surface area is 191 Å². The molecular weight excluding hydrogens is 450 g/mol. The van der Waals surface area contributed by atoms with Gasteiger partial charge in [0.25, 0.3) is 17.4 Å². The number of nitrogens with one attached hydrogen (secondary N) is 1. The molecule has 4 N–H and O–H groups in total. The monoisotopic (exact) mass is 475 g/mol. The van der Waals surface area contributed by atoms with Crippen molar-refractivity contribution in [3.8, 4) is 0 Å². The molecule has 1 aliphatic rings. The van der Waals surface area contributed by atoms with E-state index in [9.17, 15) is 24.4 Å². The van der Waals surface area contributed by atoms with Gasteiger partial charge in [-0.1, -0.05) is 0 Å². The van der Waals surface area contributed by atoms with Gasteiger partial charge in [0, 0.05) is 44.9 Å². The summed E-state index contributed by atoms with van der Waals surface area (Å²) in [7, 11) is 4.87. The lowest BCUT2D eigenvalue weighted by atomic mass is 10.0. The van der Waals surface area contributed by atoms with Gasteiger partial charge in [0.15, 0.2) is 5.65 Å². The van der Waals surface area contributed by atoms with Crippen LogP contribution >= 0.6 is 11.3 Å². The van der Waals surface area contributed by atoms with Crippen molar-refractivity contribution in [2.75, 3.05) is 18.7 Å². The summed E-state index contributed by atoms with van der Waals surface area (Å²) >= 11 is 1.19. The maximum atomic E-state index is 12.6. The van der Waals surface area contributed by atoms with Crippen LogP contribution in [0.2, 0.25) is 0 Å². The van der Waals surface area contributed by atoms with Crippen LogP contribution in [0, 0.1) is 0 Å². The van der Waals surface area contributed by atoms with Gasteiger partial charge in [-0.25, -0.2) is 9.78 Å². The van der Waals surface area contributed by atoms with E-state index in [0.29, 0.717) is 36.7 Å². The minimum absolute atomic E-state index is 0.0227. The largest absolute Gasteiger partial charge is 0.365 e. The predicted octanol–water partition coefficient (Wildman–Crippen LogP) is -0.146. The number of imidazole rings is 1. The highest BCUT2D eigenvalue weighted by atomic mass is 32.1. The van der Waals surface area contributed by atoms with E-state index in [1.807, 2.05) is 7.05 Å². The Kier molecular flexibility index (Phi) is 5.95. The van der Waals surface area contributed by atoms with Crippen LogP contribution in [0.4, 0.5) is 5.00 Å². The summed E-state index contributed by atoms with van der Waals surface area (Å²) in [6.45, 7) is 1.38. The number of carbonyl (C=O) groups is 2. The number of anilines is 1. The third-order valence-electron chi connectivity index (χ3n) is 5.85. The van der Waals surface area contributed by atoms with Crippen LogP contribution in [0.1, 0.15) is 39.5 Å². The van der Waals surface area contributed by atoms with Crippen LogP contribution in [0.5, 0.6) is 0 Å². The van der Waals surface area contributed by atoms with E-state index in [1.54, 1.807) is 0 Å². The molecule has 3 aromatic rings. The third kappa shape index (κ3) is 3.98. The van der Waals surface area contributed by atoms with Gasteiger partial charge in [-0.15, -0.1) is 11.3 Å². The topological polar surface area (TPSA) is 160 Å². The molecular formula is C20H25N7O5S. The molecule has 176 valence electrons. The van der Waals surface area contributed by atoms with Gasteiger partial charge >= 0.3 is 5.69 Å². The first-order valence-electron chi connectivity index (χ1n) is 10.4. The van der Waals surface area contributed by atoms with Gasteiger partial charge in [0.2, 0.25) is 0 Å². The zero-order valence-corrected chi connectivity index (χ0v) is 19.4. The summed E-state index contributed by atoms with van der Waals surface area (Å²) in [5.41, 5.74) is 6.05. The number of nitrogens with zero attached hydrogens (tertiary/aromatic N) is 5. The van der Waals surface area contributed by atoms with E-state index >= 15 is 0 Å². The zero-order valence-electron chi connectivity index (χ0n) is 18.5. The first-order valence-corrected chi connectivity index (χ1v) is 11.2. The fourth-order valence-corrected chi connectivity index (χ4v) is 5.40. The third-order valence-corrected chi connectivity index (χ3v) is 7.04. The zero-order chi connectivity index (χ0) is 24.0. The molecule has 0 saturated carbocycles. The molecule has 0 aliphatic carbocycles. The standard InChI is InChI=1S/C20H25N7O5S/c1-24-8-7-10-11(9-24)33-19(14(10)16(21)29)27(32)13(28)6-4-5-12-22-15-17(23-12)25(2)20(31)26(3)18(15)30/h32H,4-9H2,1-3H3,(H2,21,29)(H,22,23). The van der Waals surface area contributed by atoms with E-state index in [0.717, 1.165) is 21.6 Å². The molecule has 0 aromatic carbocycles. The number of fused-ring (bicyclic) bond motifs is 2. The highest BCUT2D eigenvalue weighted by Gasteiger charge is 2.30. The molecule has 0 spiro atoms. The van der Waals surface area contributed by atoms with Crippen LogP contribution in [-0.4, -0.2) is 54.6 Å². The Morgan fingerprint density at radius 3 is 2.67 bits per heavy atom. The number of thiophene rings is 1. The normalized spacial score (nSPS) is 13.9. The van der Waals surface area contributed by atoms with E-state index in [4.69, 9.17) is 5.73 Å². The summed E-state index contributed by atoms with van der Waals surface area (Å²) in [6.07, 6.45) is 1.24. The molecule has 33 heavy (non-hydrogen) atoms. The van der Waals surface area contributed by atoms with Gasteiger partial charge in [-0.05, 0) is 25.5 Å². The molecule has 12 nitrogen and oxygen atoms in total. The SMILES string of the molecule is CN1CCc2c(sc(N(O)C(=O)CCCc3nc4c([nH]3)c(=O)n(C)c(=O)n4C)c2C(N)=O)C1. The molecule has 0 fully saturated rings. The van der Waals surface area contributed by atoms with Crippen molar-refractivity contribution in [2.45, 2.75) is 32.2 Å². The Hall–Kier alpha value is -3.29. The lowest BCUT2D eigenvalue weighted by Crippen LogP contribution is -2.36. The number of carbonyl (C=O) groups excluding carboxylic acids is 2. The van der Waals surface area contributed by atoms with Gasteiger partial charge in [0.1, 0.15) is 16.3 Å². The van der Waals surface area contributed by atoms with Crippen molar-refractivity contribution in [3.05, 3.63) is 42.7 Å². The molecule has 0 radical (unpaired) electrons. The van der Waals surface area contributed by atoms with Crippen molar-refractivity contribution >= 4 is 39.3 Å². The number of rotatable bonds is 6. The number of nitrogens with two attached hydrogens (primary N) is 1. The second kappa shape index (κ2) is 8.57. The number of aromatic nitrogens is 4. The molecule has 0 saturated heterocycles. The number of aromatic amines is 1. The number of H-pyrrole nitrogens is 1. The minimum Gasteiger partial charge on any atom is -0.365 e. The van der Waals surface area contributed by atoms with E-state index in [-0.39, 0.29) is 28.1 Å². The summed E-state index contributed by atoms with van der Waals surface area (Å²) in [5.74, 6) is -0.801. The van der Waals surface area contributed by atoms with Crippen molar-refractivity contribution in [1.29, 1.82) is 0 Å². The maximum absolute atomic E-state index is 12.6. The number of aryl methyl sites for hydroxylation is 2. The van der Waals surface area contributed by atoms with Crippen LogP contribution in [0.25, 0.3) is 11.2 Å². The summed E-state index contributed by atoms with van der Waals surface area (Å²) in [6, 6.07) is 0. The summed E-state index contributed by atoms with van der Waals surface area (Å²) in [5, 5.41) is 11.2. The van der Waals surface area contributed by atoms with Crippen LogP contribution in [0.15, 0.2) is 9.59 Å². The van der Waals surface area contributed by atoms with E-state index in [2.05, 4.69) is 14.9 Å². The molecule has 13 heteroatoms. The second-order valence-electron chi connectivity index (χ2n) is 8.18. The molecule has 4 heterocycles. The van der Waals surface area contributed by atoms with E-state index in [1.165, 1.54) is 30.0 Å². The number of hydrogen-bond donors (Lipinski definition) is 3. The number of hydrogen-bond acceptors (Lipinski definition) is 8. The number of primary amides is 1. The Morgan fingerprint density at radius 2 is 1.97 bits per heavy atom. The minimum atomic E-state index is -0.673. The van der Waals surface area contributed by atoms with E-state index < -0.39 is 23.1 Å². The molecule has 0 bridgehead atoms. The fraction of sp³-hybridized carbons (Fsp3) is 0.450. The van der Waals surface area contributed by atoms with Crippen molar-refractivity contribution in [3.63, 3.8) is 0 Å². The summed E-state index contributed by atoms with van der Waals surface area (Å²) in [4.78, 5) is 59.3. The highest BCUT2D eigenvalue weighted by Crippen LogP contribution is 2.38. The average Bonchev–Trinajstić information content (AvgIpc) is 3.37. The molecule has 4 rings (SSSR count). The van der Waals surface area contributed by atoms with Crippen LogP contribution < -0.4 is 22.0 Å². The molecule has 0 atom stereocenters. The number of likely N-dealkylation sites (N-methyl/N-ethyl adjacent to an activating group) is 1. The number of amides is 2. The molecule has 2 amide bonds. The predicted molar refractivity (Wildman–Crippen MR) is 122 cm³/mol. The lowest BCUT2D eigenvalue weighted by molar-refractivity contribution is -0.123. The smallest absolute Gasteiger partial charge is 0.332 e. The average molecular weight is 476 g/mol. The maximum Gasteiger partial charge on any atom is 0.332 e. The van der Waals surface area contributed by atoms with Crippen LogP contribution in [0.3, 0.4) is 0 Å². The van der Waals surface area contributed by atoms with Gasteiger partial charge < -0.3 is 15.6 Å². The second-order valence-corrected chi connectivity index (χ2v) is 9.27. The Balaban J connectivity index is 1.48. The lowest BCUT2D eigenvalue weighted by Gasteiger charge is -2.22. The van der Waals surface area contributed by atoms with Crippen molar-refractivity contribution in [2.24, 2.45) is 19.8 Å². The quantitative estimate of drug-likeness (QED) is 0.330. The van der Waals surface area contributed by atoms with Gasteiger partial charge in [-0.2, -0.15) is 5.06 Å². The van der Waals surface area contributed by atoms with Crippen molar-refractivity contribution < 1.29 is 14.8 Å². The Bertz CT molecular complexity index is 1380. The molecule has 3 aromatic heterocycles. The fourth-order valence-electron chi connectivity index (χ4n) is 4.04. The molecule has 0 unspecified atom stereocenters.